The highest BCUT2D eigenvalue weighted by Gasteiger charge is 2.41. The average Bonchev–Trinajstić information content (AvgIpc) is 3.54. The smallest absolute Gasteiger partial charge is 0.338 e. The first-order chi connectivity index (χ1) is 20.0. The van der Waals surface area contributed by atoms with Crippen LogP contribution in [0.2, 0.25) is 5.02 Å². The number of nitrogens with zero attached hydrogens (tertiary/aromatic N) is 3. The summed E-state index contributed by atoms with van der Waals surface area (Å²) in [6.07, 6.45) is 3.52. The number of amidine groups is 1. The topological polar surface area (TPSA) is 138 Å². The number of allylic oxidation sites excluding steroid dienone is 1. The first-order valence-corrected chi connectivity index (χ1v) is 16.2. The summed E-state index contributed by atoms with van der Waals surface area (Å²) >= 11 is 7.51. The number of piperidine rings is 1. The molecule has 0 bridgehead atoms. The molecule has 1 saturated carbocycles. The number of esters is 1. The highest BCUT2D eigenvalue weighted by Crippen LogP contribution is 2.41. The summed E-state index contributed by atoms with van der Waals surface area (Å²) in [5.41, 5.74) is 0.576. The number of rotatable bonds is 7. The van der Waals surface area contributed by atoms with Gasteiger partial charge in [-0.1, -0.05) is 17.7 Å². The summed E-state index contributed by atoms with van der Waals surface area (Å²) in [5.74, 6) is -4.58. The standard InChI is InChI=1S/C27H29ClF2N4O6S2/c1-40-27(37)19-22(14-8-11-34(12-9-14)42(38,39)16-4-2-15(3-5-16)26(35)36)32-24(25-31-10-13-41-25)33-23(19)17-6-7-18(29)21(30)20(17)28/h6-7,10,13-16,23H,2-5,8-9,11-12H2,1H3,(H,32,33)(H,35,36)/t15-,16-,23-/m1/s1. The van der Waals surface area contributed by atoms with Gasteiger partial charge in [-0.05, 0) is 44.6 Å². The van der Waals surface area contributed by atoms with E-state index in [9.17, 15) is 31.9 Å². The minimum Gasteiger partial charge on any atom is -0.481 e. The summed E-state index contributed by atoms with van der Waals surface area (Å²) in [6, 6.07) is 1.05. The fourth-order valence-corrected chi connectivity index (χ4v) is 8.72. The van der Waals surface area contributed by atoms with Gasteiger partial charge in [0.2, 0.25) is 10.0 Å². The van der Waals surface area contributed by atoms with Crippen LogP contribution < -0.4 is 5.32 Å². The molecule has 0 unspecified atom stereocenters. The van der Waals surface area contributed by atoms with E-state index in [0.29, 0.717) is 55.1 Å². The Bertz CT molecular complexity index is 1530. The third-order valence-electron chi connectivity index (χ3n) is 8.14. The zero-order valence-electron chi connectivity index (χ0n) is 22.6. The Labute approximate surface area is 250 Å². The first kappa shape index (κ1) is 30.5. The number of ether oxygens (including phenoxy) is 1. The number of halogens is 3. The lowest BCUT2D eigenvalue weighted by Gasteiger charge is -2.38. The number of aliphatic imine (C=N–C) groups is 1. The molecule has 1 aromatic heterocycles. The molecule has 0 radical (unpaired) electrons. The lowest BCUT2D eigenvalue weighted by atomic mass is 9.86. The molecule has 10 nitrogen and oxygen atoms in total. The molecule has 5 rings (SSSR count). The number of aliphatic carboxylic acids is 1. The van der Waals surface area contributed by atoms with Gasteiger partial charge in [-0.2, -0.15) is 0 Å². The van der Waals surface area contributed by atoms with Crippen molar-refractivity contribution in [1.82, 2.24) is 14.6 Å². The van der Waals surface area contributed by atoms with Gasteiger partial charge >= 0.3 is 11.9 Å². The molecule has 1 aliphatic carbocycles. The molecule has 15 heteroatoms. The van der Waals surface area contributed by atoms with Gasteiger partial charge in [0.25, 0.3) is 0 Å². The molecule has 2 aliphatic heterocycles. The Hall–Kier alpha value is -2.94. The maximum absolute atomic E-state index is 14.5. The van der Waals surface area contributed by atoms with Crippen LogP contribution in [0.15, 0.2) is 40.0 Å². The van der Waals surface area contributed by atoms with E-state index in [1.807, 2.05) is 0 Å². The molecule has 2 fully saturated rings. The lowest BCUT2D eigenvalue weighted by Crippen LogP contribution is -2.46. The number of aromatic nitrogens is 1. The van der Waals surface area contributed by atoms with E-state index < -0.39 is 55.8 Å². The summed E-state index contributed by atoms with van der Waals surface area (Å²) in [7, 11) is -2.45. The molecular weight excluding hydrogens is 614 g/mol. The minimum absolute atomic E-state index is 0.0685. The van der Waals surface area contributed by atoms with Crippen molar-refractivity contribution in [3.8, 4) is 0 Å². The van der Waals surface area contributed by atoms with Crippen molar-refractivity contribution in [2.24, 2.45) is 16.8 Å². The summed E-state index contributed by atoms with van der Waals surface area (Å²) in [4.78, 5) is 33.4. The van der Waals surface area contributed by atoms with Crippen molar-refractivity contribution >= 4 is 50.7 Å². The zero-order valence-corrected chi connectivity index (χ0v) is 24.9. The number of benzene rings is 1. The molecule has 1 saturated heterocycles. The summed E-state index contributed by atoms with van der Waals surface area (Å²) < 4.78 is 61.9. The number of sulfonamides is 1. The Balaban J connectivity index is 1.45. The van der Waals surface area contributed by atoms with E-state index in [1.165, 1.54) is 28.8 Å². The number of carbonyl (C=O) groups excluding carboxylic acids is 1. The maximum atomic E-state index is 14.5. The summed E-state index contributed by atoms with van der Waals surface area (Å²) in [5, 5.41) is 13.6. The molecule has 2 aromatic rings. The number of thiazole rings is 1. The molecule has 0 amide bonds. The summed E-state index contributed by atoms with van der Waals surface area (Å²) in [6.45, 7) is 0.373. The third-order valence-corrected chi connectivity index (χ3v) is 11.7. The number of carbonyl (C=O) groups is 2. The SMILES string of the molecule is COC(=O)C1=C(C2CCN(S(=O)(=O)[C@H]3CC[C@H](C(=O)O)CC3)CC2)NC(c2nccs2)=N[C@@H]1c1ccc(F)c(F)c1Cl. The Kier molecular flexibility index (Phi) is 8.97. The maximum Gasteiger partial charge on any atom is 0.338 e. The van der Waals surface area contributed by atoms with Crippen LogP contribution in [-0.4, -0.2) is 66.0 Å². The average molecular weight is 643 g/mol. The van der Waals surface area contributed by atoms with Crippen LogP contribution in [0.1, 0.15) is 55.1 Å². The van der Waals surface area contributed by atoms with Crippen LogP contribution in [0, 0.1) is 23.5 Å². The Morgan fingerprint density at radius 1 is 1.14 bits per heavy atom. The van der Waals surface area contributed by atoms with Crippen molar-refractivity contribution < 1.29 is 36.6 Å². The third kappa shape index (κ3) is 5.81. The van der Waals surface area contributed by atoms with Gasteiger partial charge in [0.05, 0.1) is 28.9 Å². The van der Waals surface area contributed by atoms with Crippen molar-refractivity contribution in [3.63, 3.8) is 0 Å². The molecule has 1 atom stereocenters. The van der Waals surface area contributed by atoms with E-state index >= 15 is 0 Å². The van der Waals surface area contributed by atoms with Crippen molar-refractivity contribution in [2.75, 3.05) is 20.2 Å². The number of nitrogens with one attached hydrogen (secondary N) is 1. The molecule has 3 heterocycles. The number of hydrogen-bond donors (Lipinski definition) is 2. The number of methoxy groups -OCH3 is 1. The molecular formula is C27H29ClF2N4O6S2. The second-order valence-corrected chi connectivity index (χ2v) is 13.9. The van der Waals surface area contributed by atoms with Crippen LogP contribution in [-0.2, 0) is 24.3 Å². The van der Waals surface area contributed by atoms with Crippen LogP contribution >= 0.6 is 22.9 Å². The number of hydrogen-bond acceptors (Lipinski definition) is 9. The molecule has 0 spiro atoms. The fraction of sp³-hybridized carbons (Fsp3) is 0.481. The van der Waals surface area contributed by atoms with E-state index in [1.54, 1.807) is 11.6 Å². The largest absolute Gasteiger partial charge is 0.481 e. The molecule has 3 aliphatic rings. The van der Waals surface area contributed by atoms with Crippen molar-refractivity contribution in [3.05, 3.63) is 62.2 Å². The monoisotopic (exact) mass is 642 g/mol. The van der Waals surface area contributed by atoms with Crippen LogP contribution in [0.3, 0.4) is 0 Å². The predicted molar refractivity (Wildman–Crippen MR) is 152 cm³/mol. The zero-order chi connectivity index (χ0) is 30.2. The molecule has 226 valence electrons. The predicted octanol–water partition coefficient (Wildman–Crippen LogP) is 4.28. The van der Waals surface area contributed by atoms with Gasteiger partial charge in [-0.3, -0.25) is 9.79 Å². The van der Waals surface area contributed by atoms with E-state index in [0.717, 1.165) is 6.07 Å². The van der Waals surface area contributed by atoms with Crippen LogP contribution in [0.5, 0.6) is 0 Å². The molecule has 42 heavy (non-hydrogen) atoms. The van der Waals surface area contributed by atoms with Gasteiger partial charge in [0, 0.05) is 41.8 Å². The lowest BCUT2D eigenvalue weighted by molar-refractivity contribution is -0.142. The van der Waals surface area contributed by atoms with Crippen molar-refractivity contribution in [1.29, 1.82) is 0 Å². The second-order valence-electron chi connectivity index (χ2n) is 10.5. The number of carboxylic acid groups (broad SMARTS) is 1. The first-order valence-electron chi connectivity index (χ1n) is 13.4. The Morgan fingerprint density at radius 2 is 1.83 bits per heavy atom. The Morgan fingerprint density at radius 3 is 2.43 bits per heavy atom. The van der Waals surface area contributed by atoms with E-state index in [2.05, 4.69) is 15.3 Å². The second kappa shape index (κ2) is 12.3. The van der Waals surface area contributed by atoms with Gasteiger partial charge in [-0.15, -0.1) is 11.3 Å². The highest BCUT2D eigenvalue weighted by molar-refractivity contribution is 7.89. The van der Waals surface area contributed by atoms with Gasteiger partial charge in [0.15, 0.2) is 22.5 Å². The van der Waals surface area contributed by atoms with E-state index in [-0.39, 0.29) is 30.1 Å². The minimum atomic E-state index is -3.65. The molecule has 2 N–H and O–H groups in total. The van der Waals surface area contributed by atoms with Gasteiger partial charge < -0.3 is 15.2 Å². The highest BCUT2D eigenvalue weighted by atomic mass is 35.5. The van der Waals surface area contributed by atoms with Gasteiger partial charge in [0.1, 0.15) is 6.04 Å². The van der Waals surface area contributed by atoms with Gasteiger partial charge in [-0.25, -0.2) is 31.3 Å². The van der Waals surface area contributed by atoms with Crippen LogP contribution in [0.4, 0.5) is 8.78 Å². The van der Waals surface area contributed by atoms with Crippen LogP contribution in [0.25, 0.3) is 0 Å². The molecule has 1 aromatic carbocycles. The fourth-order valence-electron chi connectivity index (χ4n) is 5.87. The van der Waals surface area contributed by atoms with E-state index in [4.69, 9.17) is 16.3 Å². The van der Waals surface area contributed by atoms with Crippen molar-refractivity contribution in [2.45, 2.75) is 49.8 Å². The number of carboxylic acids is 1. The quantitative estimate of drug-likeness (QED) is 0.337. The normalized spacial score (nSPS) is 24.2.